The minimum absolute atomic E-state index is 0.0325. The highest BCUT2D eigenvalue weighted by Gasteiger charge is 2.17. The lowest BCUT2D eigenvalue weighted by Gasteiger charge is -2.08. The molecule has 2 aromatic heterocycles. The van der Waals surface area contributed by atoms with Crippen molar-refractivity contribution < 1.29 is 4.79 Å². The summed E-state index contributed by atoms with van der Waals surface area (Å²) >= 11 is 0. The Morgan fingerprint density at radius 2 is 1.73 bits per heavy atom. The molecule has 0 unspecified atom stereocenters. The molecular formula is C22H19N3O. The third-order valence-corrected chi connectivity index (χ3v) is 4.65. The van der Waals surface area contributed by atoms with E-state index in [9.17, 15) is 4.79 Å². The summed E-state index contributed by atoms with van der Waals surface area (Å²) in [6, 6.07) is 19.9. The topological polar surface area (TPSA) is 47.8 Å². The van der Waals surface area contributed by atoms with Crippen molar-refractivity contribution in [2.75, 3.05) is 0 Å². The molecule has 0 spiro atoms. The molecule has 0 saturated heterocycles. The lowest BCUT2D eigenvalue weighted by atomic mass is 10.1. The van der Waals surface area contributed by atoms with Gasteiger partial charge in [-0.1, -0.05) is 42.5 Å². The quantitative estimate of drug-likeness (QED) is 0.515. The normalized spacial score (nSPS) is 11.0. The van der Waals surface area contributed by atoms with Gasteiger partial charge in [-0.15, -0.1) is 0 Å². The van der Waals surface area contributed by atoms with Gasteiger partial charge in [-0.3, -0.25) is 9.78 Å². The van der Waals surface area contributed by atoms with Crippen LogP contribution in [0.2, 0.25) is 0 Å². The van der Waals surface area contributed by atoms with Crippen molar-refractivity contribution in [2.24, 2.45) is 0 Å². The summed E-state index contributed by atoms with van der Waals surface area (Å²) in [5, 5.41) is 5.51. The Labute approximate surface area is 152 Å². The molecule has 0 N–H and O–H groups in total. The SMILES string of the molecule is Cc1ccccc1-n1ncc(C(=O)Cc2ccc3ccccc3n2)c1C. The average molecular weight is 341 g/mol. The fourth-order valence-corrected chi connectivity index (χ4v) is 3.19. The lowest BCUT2D eigenvalue weighted by Crippen LogP contribution is -2.08. The number of Topliss-reactive ketones (excluding diaryl/α,β-unsaturated/α-hetero) is 1. The summed E-state index contributed by atoms with van der Waals surface area (Å²) in [4.78, 5) is 17.4. The van der Waals surface area contributed by atoms with E-state index in [4.69, 9.17) is 0 Å². The van der Waals surface area contributed by atoms with Crippen LogP contribution >= 0.6 is 0 Å². The number of ketones is 1. The van der Waals surface area contributed by atoms with Gasteiger partial charge in [0.05, 0.1) is 35.1 Å². The Bertz CT molecular complexity index is 1110. The maximum Gasteiger partial charge on any atom is 0.172 e. The molecule has 2 heterocycles. The monoisotopic (exact) mass is 341 g/mol. The highest BCUT2D eigenvalue weighted by Crippen LogP contribution is 2.19. The van der Waals surface area contributed by atoms with Crippen molar-refractivity contribution in [3.05, 3.63) is 89.4 Å². The zero-order chi connectivity index (χ0) is 18.1. The first-order chi connectivity index (χ1) is 12.6. The average Bonchev–Trinajstić information content (AvgIpc) is 3.03. The van der Waals surface area contributed by atoms with Crippen molar-refractivity contribution in [3.63, 3.8) is 0 Å². The number of hydrogen-bond donors (Lipinski definition) is 0. The lowest BCUT2D eigenvalue weighted by molar-refractivity contribution is 0.0991. The van der Waals surface area contributed by atoms with Gasteiger partial charge in [0.2, 0.25) is 0 Å². The van der Waals surface area contributed by atoms with Crippen molar-refractivity contribution in [2.45, 2.75) is 20.3 Å². The minimum Gasteiger partial charge on any atom is -0.294 e. The summed E-state index contributed by atoms with van der Waals surface area (Å²) < 4.78 is 1.83. The molecule has 0 fully saturated rings. The molecule has 4 heteroatoms. The predicted molar refractivity (Wildman–Crippen MR) is 103 cm³/mol. The van der Waals surface area contributed by atoms with E-state index in [2.05, 4.69) is 10.1 Å². The number of pyridine rings is 1. The first-order valence-corrected chi connectivity index (χ1v) is 8.62. The second-order valence-electron chi connectivity index (χ2n) is 6.44. The van der Waals surface area contributed by atoms with Gasteiger partial charge in [-0.2, -0.15) is 5.10 Å². The first kappa shape index (κ1) is 16.2. The molecule has 4 rings (SSSR count). The number of carbonyl (C=O) groups is 1. The van der Waals surface area contributed by atoms with E-state index in [0.717, 1.165) is 33.5 Å². The Hall–Kier alpha value is -3.27. The predicted octanol–water partition coefficient (Wildman–Crippen LogP) is 4.46. The molecule has 26 heavy (non-hydrogen) atoms. The zero-order valence-corrected chi connectivity index (χ0v) is 14.8. The van der Waals surface area contributed by atoms with Gasteiger partial charge in [0.25, 0.3) is 0 Å². The van der Waals surface area contributed by atoms with Gasteiger partial charge in [-0.05, 0) is 37.6 Å². The number of fused-ring (bicyclic) bond motifs is 1. The smallest absolute Gasteiger partial charge is 0.172 e. The van der Waals surface area contributed by atoms with E-state index in [0.29, 0.717) is 5.56 Å². The number of carbonyl (C=O) groups excluding carboxylic acids is 1. The number of hydrogen-bond acceptors (Lipinski definition) is 3. The Kier molecular flexibility index (Phi) is 4.09. The highest BCUT2D eigenvalue weighted by molar-refractivity contribution is 5.98. The van der Waals surface area contributed by atoms with Crippen LogP contribution < -0.4 is 0 Å². The molecule has 0 aliphatic heterocycles. The number of aryl methyl sites for hydroxylation is 1. The second kappa shape index (κ2) is 6.56. The maximum absolute atomic E-state index is 12.8. The van der Waals surface area contributed by atoms with Gasteiger partial charge >= 0.3 is 0 Å². The van der Waals surface area contributed by atoms with E-state index >= 15 is 0 Å². The molecule has 0 aliphatic carbocycles. The van der Waals surface area contributed by atoms with E-state index in [1.807, 2.05) is 79.2 Å². The van der Waals surface area contributed by atoms with Gasteiger partial charge in [0.15, 0.2) is 5.78 Å². The van der Waals surface area contributed by atoms with Gasteiger partial charge < -0.3 is 0 Å². The largest absolute Gasteiger partial charge is 0.294 e. The number of rotatable bonds is 4. The molecule has 0 aliphatic rings. The third-order valence-electron chi connectivity index (χ3n) is 4.65. The van der Waals surface area contributed by atoms with Crippen molar-refractivity contribution in [3.8, 4) is 5.69 Å². The molecular weight excluding hydrogens is 322 g/mol. The van der Waals surface area contributed by atoms with Crippen LogP contribution in [-0.4, -0.2) is 20.5 Å². The third kappa shape index (κ3) is 2.90. The summed E-state index contributed by atoms with van der Waals surface area (Å²) in [5.74, 6) is 0.0325. The van der Waals surface area contributed by atoms with Gasteiger partial charge in [0.1, 0.15) is 0 Å². The molecule has 0 saturated carbocycles. The van der Waals surface area contributed by atoms with Crippen LogP contribution in [0.5, 0.6) is 0 Å². The fourth-order valence-electron chi connectivity index (χ4n) is 3.19. The summed E-state index contributed by atoms with van der Waals surface area (Å²) in [6.07, 6.45) is 1.93. The van der Waals surface area contributed by atoms with Crippen LogP contribution in [0.15, 0.2) is 66.9 Å². The highest BCUT2D eigenvalue weighted by atomic mass is 16.1. The number of aromatic nitrogens is 3. The Balaban J connectivity index is 1.63. The van der Waals surface area contributed by atoms with E-state index in [1.54, 1.807) is 6.20 Å². The number of para-hydroxylation sites is 2. The van der Waals surface area contributed by atoms with Crippen molar-refractivity contribution in [1.29, 1.82) is 0 Å². The van der Waals surface area contributed by atoms with E-state index in [1.165, 1.54) is 0 Å². The molecule has 0 amide bonds. The fraction of sp³-hybridized carbons (Fsp3) is 0.136. The van der Waals surface area contributed by atoms with Crippen molar-refractivity contribution in [1.82, 2.24) is 14.8 Å². The second-order valence-corrected chi connectivity index (χ2v) is 6.44. The zero-order valence-electron chi connectivity index (χ0n) is 14.8. The molecule has 0 atom stereocenters. The molecule has 4 aromatic rings. The first-order valence-electron chi connectivity index (χ1n) is 8.62. The van der Waals surface area contributed by atoms with Crippen LogP contribution in [0.3, 0.4) is 0 Å². The van der Waals surface area contributed by atoms with Gasteiger partial charge in [0, 0.05) is 11.1 Å². The van der Waals surface area contributed by atoms with E-state index in [-0.39, 0.29) is 12.2 Å². The Morgan fingerprint density at radius 3 is 2.58 bits per heavy atom. The van der Waals surface area contributed by atoms with Crippen LogP contribution in [0.4, 0.5) is 0 Å². The molecule has 0 radical (unpaired) electrons. The maximum atomic E-state index is 12.8. The standard InChI is InChI=1S/C22H19N3O/c1-15-7-3-6-10-21(15)25-16(2)19(14-23-25)22(26)13-18-12-11-17-8-4-5-9-20(17)24-18/h3-12,14H,13H2,1-2H3. The molecule has 128 valence electrons. The number of nitrogens with zero attached hydrogens (tertiary/aromatic N) is 3. The van der Waals surface area contributed by atoms with Crippen LogP contribution in [0.25, 0.3) is 16.6 Å². The van der Waals surface area contributed by atoms with Crippen LogP contribution in [-0.2, 0) is 6.42 Å². The van der Waals surface area contributed by atoms with Crippen LogP contribution in [0.1, 0.15) is 27.3 Å². The van der Waals surface area contributed by atoms with Gasteiger partial charge in [-0.25, -0.2) is 4.68 Å². The molecule has 2 aromatic carbocycles. The van der Waals surface area contributed by atoms with E-state index < -0.39 is 0 Å². The van der Waals surface area contributed by atoms with Crippen molar-refractivity contribution >= 4 is 16.7 Å². The minimum atomic E-state index is 0.0325. The summed E-state index contributed by atoms with van der Waals surface area (Å²) in [6.45, 7) is 3.97. The van der Waals surface area contributed by atoms with Crippen LogP contribution in [0, 0.1) is 13.8 Å². The number of benzene rings is 2. The molecule has 4 nitrogen and oxygen atoms in total. The summed E-state index contributed by atoms with van der Waals surface area (Å²) in [7, 11) is 0. The molecule has 0 bridgehead atoms. The summed E-state index contributed by atoms with van der Waals surface area (Å²) in [5.41, 5.74) is 5.29. The Morgan fingerprint density at radius 1 is 0.962 bits per heavy atom.